The summed E-state index contributed by atoms with van der Waals surface area (Å²) in [4.78, 5) is 45.5. The molecule has 3 aromatic rings. The number of aliphatic hydroxyl groups is 1. The molecule has 2 aromatic carbocycles. The minimum absolute atomic E-state index is 0.00164. The summed E-state index contributed by atoms with van der Waals surface area (Å²) in [5.41, 5.74) is 5.07. The van der Waals surface area contributed by atoms with Crippen molar-refractivity contribution in [2.45, 2.75) is 37.3 Å². The first-order valence-corrected chi connectivity index (χ1v) is 13.4. The molecule has 11 heteroatoms. The molecule has 2 saturated heterocycles. The summed E-state index contributed by atoms with van der Waals surface area (Å²) in [5, 5.41) is 20.8. The Morgan fingerprint density at radius 3 is 2.30 bits per heavy atom. The van der Waals surface area contributed by atoms with E-state index in [0.717, 1.165) is 5.56 Å². The molecule has 11 nitrogen and oxygen atoms in total. The Morgan fingerprint density at radius 1 is 1.00 bits per heavy atom. The molecule has 210 valence electrons. The zero-order valence-electron chi connectivity index (χ0n) is 22.1. The Morgan fingerprint density at radius 2 is 1.65 bits per heavy atom. The molecule has 0 radical (unpaired) electrons. The van der Waals surface area contributed by atoms with Crippen LogP contribution in [0, 0.1) is 5.92 Å². The number of rotatable bonds is 6. The summed E-state index contributed by atoms with van der Waals surface area (Å²) in [5.74, 6) is -0.137. The molecule has 0 bridgehead atoms. The summed E-state index contributed by atoms with van der Waals surface area (Å²) in [6, 6.07) is 18.4. The number of para-hydroxylation sites is 1. The van der Waals surface area contributed by atoms with Crippen LogP contribution in [0.1, 0.15) is 30.7 Å². The predicted octanol–water partition coefficient (Wildman–Crippen LogP) is 2.76. The van der Waals surface area contributed by atoms with Gasteiger partial charge in [0.25, 0.3) is 5.56 Å². The zero-order valence-corrected chi connectivity index (χ0v) is 22.1. The molecule has 0 saturated carbocycles. The number of aromatic nitrogens is 2. The Balaban J connectivity index is 1.24. The molecular weight excluding hydrogens is 514 g/mol. The third-order valence-corrected chi connectivity index (χ3v) is 7.89. The van der Waals surface area contributed by atoms with Crippen molar-refractivity contribution in [3.05, 3.63) is 82.9 Å². The number of amides is 2. The molecule has 0 unspecified atom stereocenters. The highest BCUT2D eigenvalue weighted by Gasteiger charge is 2.41. The topological polar surface area (TPSA) is 151 Å². The van der Waals surface area contributed by atoms with E-state index in [1.54, 1.807) is 29.2 Å². The molecule has 1 aromatic heterocycles. The fourth-order valence-electron chi connectivity index (χ4n) is 5.60. The van der Waals surface area contributed by atoms with Crippen LogP contribution in [0.25, 0.3) is 0 Å². The van der Waals surface area contributed by atoms with Crippen molar-refractivity contribution in [3.8, 4) is 11.6 Å². The number of carbonyl (C=O) groups excluding carboxylic acids is 1. The van der Waals surface area contributed by atoms with Gasteiger partial charge in [-0.1, -0.05) is 48.5 Å². The number of nitrogen functional groups attached to an aromatic ring is 1. The van der Waals surface area contributed by atoms with Crippen LogP contribution in [0.15, 0.2) is 71.8 Å². The third-order valence-electron chi connectivity index (χ3n) is 7.89. The van der Waals surface area contributed by atoms with Crippen molar-refractivity contribution in [1.29, 1.82) is 0 Å². The van der Waals surface area contributed by atoms with Crippen molar-refractivity contribution in [1.82, 2.24) is 19.4 Å². The van der Waals surface area contributed by atoms with E-state index in [1.807, 2.05) is 36.4 Å². The highest BCUT2D eigenvalue weighted by atomic mass is 16.5. The van der Waals surface area contributed by atoms with Crippen LogP contribution < -0.4 is 16.0 Å². The minimum Gasteiger partial charge on any atom is -0.465 e. The largest absolute Gasteiger partial charge is 0.465 e. The van der Waals surface area contributed by atoms with Crippen LogP contribution in [-0.4, -0.2) is 73.3 Å². The number of ether oxygens (including phenoxy) is 1. The number of carboxylic acid groups (broad SMARTS) is 1. The number of carbonyl (C=O) groups is 2. The van der Waals surface area contributed by atoms with Gasteiger partial charge in [-0.25, -0.2) is 9.78 Å². The highest BCUT2D eigenvalue weighted by Crippen LogP contribution is 2.35. The Kier molecular flexibility index (Phi) is 7.74. The first kappa shape index (κ1) is 27.2. The maximum Gasteiger partial charge on any atom is 0.407 e. The number of hydrogen-bond donors (Lipinski definition) is 3. The smallest absolute Gasteiger partial charge is 0.407 e. The van der Waals surface area contributed by atoms with E-state index in [9.17, 15) is 24.6 Å². The monoisotopic (exact) mass is 547 g/mol. The summed E-state index contributed by atoms with van der Waals surface area (Å²) in [7, 11) is 0. The lowest BCUT2D eigenvalue weighted by Gasteiger charge is -2.42. The Labute approximate surface area is 231 Å². The number of piperidine rings is 2. The Bertz CT molecular complexity index is 1410. The van der Waals surface area contributed by atoms with Crippen LogP contribution in [0.2, 0.25) is 0 Å². The van der Waals surface area contributed by atoms with Gasteiger partial charge < -0.3 is 30.5 Å². The molecule has 2 amide bonds. The second-order valence-electron chi connectivity index (χ2n) is 10.5. The second-order valence-corrected chi connectivity index (χ2v) is 10.5. The van der Waals surface area contributed by atoms with Crippen molar-refractivity contribution >= 4 is 17.7 Å². The van der Waals surface area contributed by atoms with Crippen molar-refractivity contribution in [2.75, 3.05) is 31.9 Å². The number of nitrogens with two attached hydrogens (primary N) is 1. The minimum atomic E-state index is -1.22. The number of hydrogen-bond acceptors (Lipinski definition) is 7. The zero-order chi connectivity index (χ0) is 28.3. The van der Waals surface area contributed by atoms with Gasteiger partial charge >= 0.3 is 6.09 Å². The van der Waals surface area contributed by atoms with Crippen LogP contribution in [-0.2, 0) is 11.3 Å². The lowest BCUT2D eigenvalue weighted by molar-refractivity contribution is -0.142. The maximum atomic E-state index is 13.7. The normalized spacial score (nSPS) is 20.6. The van der Waals surface area contributed by atoms with Crippen LogP contribution in [0.5, 0.6) is 11.6 Å². The molecule has 2 fully saturated rings. The van der Waals surface area contributed by atoms with E-state index in [1.165, 1.54) is 15.8 Å². The first-order chi connectivity index (χ1) is 19.2. The van der Waals surface area contributed by atoms with Gasteiger partial charge in [-0.05, 0) is 37.0 Å². The number of benzene rings is 2. The molecular formula is C29H33N5O6. The number of anilines is 1. The lowest BCUT2D eigenvalue weighted by Crippen LogP contribution is -2.53. The van der Waals surface area contributed by atoms with E-state index >= 15 is 0 Å². The molecule has 0 spiro atoms. The molecule has 2 aliphatic rings. The van der Waals surface area contributed by atoms with E-state index in [-0.39, 0.29) is 55.2 Å². The summed E-state index contributed by atoms with van der Waals surface area (Å²) in [6.07, 6.45) is 1.31. The molecule has 0 aliphatic carbocycles. The highest BCUT2D eigenvalue weighted by molar-refractivity contribution is 5.80. The van der Waals surface area contributed by atoms with Gasteiger partial charge in [-0.2, -0.15) is 0 Å². The molecule has 5 rings (SSSR count). The van der Waals surface area contributed by atoms with E-state index in [2.05, 4.69) is 4.98 Å². The number of likely N-dealkylation sites (tertiary alicyclic amines) is 2. The predicted molar refractivity (Wildman–Crippen MR) is 147 cm³/mol. The van der Waals surface area contributed by atoms with Crippen molar-refractivity contribution in [3.63, 3.8) is 0 Å². The second kappa shape index (κ2) is 11.4. The van der Waals surface area contributed by atoms with Crippen LogP contribution in [0.4, 0.5) is 10.5 Å². The molecule has 40 heavy (non-hydrogen) atoms. The van der Waals surface area contributed by atoms with Gasteiger partial charge in [0.2, 0.25) is 11.8 Å². The molecule has 3 heterocycles. The maximum absolute atomic E-state index is 13.7. The third kappa shape index (κ3) is 5.79. The summed E-state index contributed by atoms with van der Waals surface area (Å²) >= 11 is 0. The van der Waals surface area contributed by atoms with Crippen LogP contribution >= 0.6 is 0 Å². The Hall–Kier alpha value is -4.38. The van der Waals surface area contributed by atoms with Gasteiger partial charge in [-0.3, -0.25) is 14.2 Å². The summed E-state index contributed by atoms with van der Waals surface area (Å²) < 4.78 is 6.90. The van der Waals surface area contributed by atoms with Gasteiger partial charge in [0, 0.05) is 38.0 Å². The standard InChI is InChI=1S/C29H33N5O6/c30-24-25(40-21-9-5-2-6-10-21)31-19-34(27(24)36)18-29(39)12-15-32(16-13-29)26(35)22-11-14-33(28(37)38)17-23(22)20-7-3-1-4-8-20/h1-10,19,22-23,39H,11-18,30H2,(H,37,38)/t22-,23+/m1/s1. The first-order valence-electron chi connectivity index (χ1n) is 13.4. The van der Waals surface area contributed by atoms with E-state index in [0.29, 0.717) is 31.8 Å². The van der Waals surface area contributed by atoms with Crippen LogP contribution in [0.3, 0.4) is 0 Å². The van der Waals surface area contributed by atoms with Crippen molar-refractivity contribution in [2.24, 2.45) is 5.92 Å². The number of nitrogens with zero attached hydrogens (tertiary/aromatic N) is 4. The van der Waals surface area contributed by atoms with Gasteiger partial charge in [0.15, 0.2) is 5.69 Å². The fraction of sp³-hybridized carbons (Fsp3) is 0.379. The quantitative estimate of drug-likeness (QED) is 0.426. The SMILES string of the molecule is Nc1c(Oc2ccccc2)ncn(CC2(O)CCN(C(=O)[C@@H]3CCN(C(=O)O)C[C@H]3c3ccccc3)CC2)c1=O. The van der Waals surface area contributed by atoms with Gasteiger partial charge in [0.05, 0.1) is 12.1 Å². The molecule has 4 N–H and O–H groups in total. The lowest BCUT2D eigenvalue weighted by atomic mass is 9.79. The molecule has 2 atom stereocenters. The molecule has 2 aliphatic heterocycles. The average Bonchev–Trinajstić information content (AvgIpc) is 2.97. The van der Waals surface area contributed by atoms with E-state index < -0.39 is 17.3 Å². The average molecular weight is 548 g/mol. The van der Waals surface area contributed by atoms with Crippen molar-refractivity contribution < 1.29 is 24.5 Å². The fourth-order valence-corrected chi connectivity index (χ4v) is 5.60. The van der Waals surface area contributed by atoms with Gasteiger partial charge in [0.1, 0.15) is 12.1 Å². The summed E-state index contributed by atoms with van der Waals surface area (Å²) in [6.45, 7) is 1.19. The van der Waals surface area contributed by atoms with Gasteiger partial charge in [-0.15, -0.1) is 0 Å². The van der Waals surface area contributed by atoms with E-state index in [4.69, 9.17) is 10.5 Å².